The van der Waals surface area contributed by atoms with Crippen molar-refractivity contribution >= 4 is 11.4 Å². The van der Waals surface area contributed by atoms with Crippen LogP contribution in [0.2, 0.25) is 0 Å². The molecule has 0 spiro atoms. The van der Waals surface area contributed by atoms with Crippen molar-refractivity contribution in [3.8, 4) is 0 Å². The van der Waals surface area contributed by atoms with Crippen molar-refractivity contribution in [3.05, 3.63) is 23.8 Å². The number of hydrogen-bond donors (Lipinski definition) is 1. The van der Waals surface area contributed by atoms with Gasteiger partial charge in [0.1, 0.15) is 0 Å². The summed E-state index contributed by atoms with van der Waals surface area (Å²) in [7, 11) is 4.15. The number of nitrogens with zero attached hydrogens (tertiary/aromatic N) is 1. The molecular formula is C16H26N2O. The number of anilines is 2. The second-order valence-corrected chi connectivity index (χ2v) is 5.57. The Morgan fingerprint density at radius 1 is 1.32 bits per heavy atom. The number of hydrogen-bond acceptors (Lipinski definition) is 3. The van der Waals surface area contributed by atoms with Crippen molar-refractivity contribution < 1.29 is 4.74 Å². The molecule has 0 heterocycles. The van der Waals surface area contributed by atoms with Gasteiger partial charge in [-0.25, -0.2) is 0 Å². The van der Waals surface area contributed by atoms with Crippen LogP contribution in [0.25, 0.3) is 0 Å². The topological polar surface area (TPSA) is 24.5 Å². The van der Waals surface area contributed by atoms with Crippen LogP contribution in [0.5, 0.6) is 0 Å². The molecule has 1 saturated carbocycles. The fourth-order valence-corrected chi connectivity index (χ4v) is 2.79. The van der Waals surface area contributed by atoms with E-state index in [0.717, 1.165) is 6.61 Å². The van der Waals surface area contributed by atoms with Gasteiger partial charge in [-0.3, -0.25) is 0 Å². The first kappa shape index (κ1) is 14.2. The van der Waals surface area contributed by atoms with E-state index in [-0.39, 0.29) is 0 Å². The number of nitrogens with one attached hydrogen (secondary N) is 1. The summed E-state index contributed by atoms with van der Waals surface area (Å²) in [5.41, 5.74) is 3.78. The van der Waals surface area contributed by atoms with Crippen molar-refractivity contribution in [1.82, 2.24) is 0 Å². The van der Waals surface area contributed by atoms with Gasteiger partial charge in [-0.1, -0.05) is 0 Å². The summed E-state index contributed by atoms with van der Waals surface area (Å²) in [6.07, 6.45) is 4.02. The molecule has 1 aliphatic carbocycles. The molecule has 1 fully saturated rings. The summed E-state index contributed by atoms with van der Waals surface area (Å²) in [5.74, 6) is 0. The van der Waals surface area contributed by atoms with E-state index < -0.39 is 0 Å². The van der Waals surface area contributed by atoms with Gasteiger partial charge in [0.25, 0.3) is 0 Å². The highest BCUT2D eigenvalue weighted by Gasteiger charge is 2.27. The Morgan fingerprint density at radius 2 is 2.11 bits per heavy atom. The van der Waals surface area contributed by atoms with Crippen LogP contribution in [0.3, 0.4) is 0 Å². The summed E-state index contributed by atoms with van der Waals surface area (Å²) < 4.78 is 5.82. The predicted octanol–water partition coefficient (Wildman–Crippen LogP) is 3.43. The van der Waals surface area contributed by atoms with E-state index in [1.165, 1.54) is 36.2 Å². The molecule has 1 aromatic carbocycles. The van der Waals surface area contributed by atoms with Gasteiger partial charge in [0.05, 0.1) is 12.1 Å². The number of aryl methyl sites for hydroxylation is 1. The normalized spacial score (nSPS) is 22.5. The quantitative estimate of drug-likeness (QED) is 0.880. The van der Waals surface area contributed by atoms with E-state index >= 15 is 0 Å². The molecule has 19 heavy (non-hydrogen) atoms. The van der Waals surface area contributed by atoms with Crippen LogP contribution in [-0.4, -0.2) is 32.8 Å². The van der Waals surface area contributed by atoms with E-state index in [1.807, 2.05) is 0 Å². The fourth-order valence-electron chi connectivity index (χ4n) is 2.79. The highest BCUT2D eigenvalue weighted by atomic mass is 16.5. The standard InChI is InChI=1S/C16H26N2O/c1-5-19-16-8-6-7-15(16)17-14-10-9-13(18(3)4)11-12(14)2/h9-11,15-17H,5-8H2,1-4H3. The predicted molar refractivity (Wildman–Crippen MR) is 82.2 cm³/mol. The maximum absolute atomic E-state index is 5.82. The third-order valence-corrected chi connectivity index (χ3v) is 3.90. The lowest BCUT2D eigenvalue weighted by Gasteiger charge is -2.24. The average molecular weight is 262 g/mol. The van der Waals surface area contributed by atoms with Crippen LogP contribution >= 0.6 is 0 Å². The Morgan fingerprint density at radius 3 is 2.74 bits per heavy atom. The van der Waals surface area contributed by atoms with E-state index in [1.54, 1.807) is 0 Å². The molecule has 2 rings (SSSR count). The Balaban J connectivity index is 2.06. The molecule has 1 aliphatic rings. The van der Waals surface area contributed by atoms with Gasteiger partial charge in [0.15, 0.2) is 0 Å². The third-order valence-electron chi connectivity index (χ3n) is 3.90. The third kappa shape index (κ3) is 3.41. The van der Waals surface area contributed by atoms with Gasteiger partial charge >= 0.3 is 0 Å². The van der Waals surface area contributed by atoms with Crippen LogP contribution < -0.4 is 10.2 Å². The molecule has 3 heteroatoms. The minimum Gasteiger partial charge on any atom is -0.379 e. The van der Waals surface area contributed by atoms with Gasteiger partial charge in [0.2, 0.25) is 0 Å². The SMILES string of the molecule is CCOC1CCCC1Nc1ccc(N(C)C)cc1C. The van der Waals surface area contributed by atoms with E-state index in [9.17, 15) is 0 Å². The lowest BCUT2D eigenvalue weighted by Crippen LogP contribution is -2.31. The maximum Gasteiger partial charge on any atom is 0.0775 e. The molecular weight excluding hydrogens is 236 g/mol. The van der Waals surface area contributed by atoms with Crippen LogP contribution in [0.15, 0.2) is 18.2 Å². The molecule has 0 amide bonds. The summed E-state index contributed by atoms with van der Waals surface area (Å²) in [4.78, 5) is 2.13. The molecule has 0 radical (unpaired) electrons. The molecule has 0 aromatic heterocycles. The zero-order valence-electron chi connectivity index (χ0n) is 12.6. The zero-order valence-corrected chi connectivity index (χ0v) is 12.6. The molecule has 106 valence electrons. The second-order valence-electron chi connectivity index (χ2n) is 5.57. The van der Waals surface area contributed by atoms with E-state index in [4.69, 9.17) is 4.74 Å². The Hall–Kier alpha value is -1.22. The highest BCUT2D eigenvalue weighted by molar-refractivity contribution is 5.60. The van der Waals surface area contributed by atoms with E-state index in [2.05, 4.69) is 56.4 Å². The van der Waals surface area contributed by atoms with Crippen LogP contribution in [-0.2, 0) is 4.74 Å². The average Bonchev–Trinajstić information content (AvgIpc) is 2.79. The highest BCUT2D eigenvalue weighted by Crippen LogP contribution is 2.28. The van der Waals surface area contributed by atoms with Gasteiger partial charge in [-0.2, -0.15) is 0 Å². The second kappa shape index (κ2) is 6.29. The lowest BCUT2D eigenvalue weighted by atomic mass is 10.1. The first-order valence-electron chi connectivity index (χ1n) is 7.28. The van der Waals surface area contributed by atoms with Crippen LogP contribution in [0, 0.1) is 6.92 Å². The van der Waals surface area contributed by atoms with Gasteiger partial charge < -0.3 is 15.0 Å². The van der Waals surface area contributed by atoms with Crippen molar-refractivity contribution in [1.29, 1.82) is 0 Å². The molecule has 1 aromatic rings. The van der Waals surface area contributed by atoms with Crippen LogP contribution in [0.4, 0.5) is 11.4 Å². The smallest absolute Gasteiger partial charge is 0.0775 e. The Kier molecular flexibility index (Phi) is 4.70. The molecule has 0 bridgehead atoms. The molecule has 0 saturated heterocycles. The fraction of sp³-hybridized carbons (Fsp3) is 0.625. The first-order valence-corrected chi connectivity index (χ1v) is 7.28. The summed E-state index contributed by atoms with van der Waals surface area (Å²) in [5, 5.41) is 3.67. The molecule has 1 N–H and O–H groups in total. The molecule has 2 atom stereocenters. The number of rotatable bonds is 5. The minimum absolute atomic E-state index is 0.373. The van der Waals surface area contributed by atoms with Gasteiger partial charge in [0, 0.05) is 32.1 Å². The van der Waals surface area contributed by atoms with Gasteiger partial charge in [-0.15, -0.1) is 0 Å². The van der Waals surface area contributed by atoms with Crippen molar-refractivity contribution in [2.75, 3.05) is 30.9 Å². The van der Waals surface area contributed by atoms with Crippen molar-refractivity contribution in [2.45, 2.75) is 45.3 Å². The Bertz CT molecular complexity index is 417. The lowest BCUT2D eigenvalue weighted by molar-refractivity contribution is 0.0616. The molecule has 2 unspecified atom stereocenters. The van der Waals surface area contributed by atoms with Crippen molar-refractivity contribution in [3.63, 3.8) is 0 Å². The number of ether oxygens (including phenoxy) is 1. The molecule has 3 nitrogen and oxygen atoms in total. The summed E-state index contributed by atoms with van der Waals surface area (Å²) in [6.45, 7) is 5.05. The van der Waals surface area contributed by atoms with Gasteiger partial charge in [-0.05, 0) is 56.9 Å². The zero-order chi connectivity index (χ0) is 13.8. The summed E-state index contributed by atoms with van der Waals surface area (Å²) in [6, 6.07) is 7.04. The molecule has 0 aliphatic heterocycles. The maximum atomic E-state index is 5.82. The monoisotopic (exact) mass is 262 g/mol. The number of benzene rings is 1. The minimum atomic E-state index is 0.373. The van der Waals surface area contributed by atoms with Crippen molar-refractivity contribution in [2.24, 2.45) is 0 Å². The summed E-state index contributed by atoms with van der Waals surface area (Å²) >= 11 is 0. The van der Waals surface area contributed by atoms with Crippen LogP contribution in [0.1, 0.15) is 31.7 Å². The largest absolute Gasteiger partial charge is 0.379 e. The first-order chi connectivity index (χ1) is 9.11. The van der Waals surface area contributed by atoms with E-state index in [0.29, 0.717) is 12.1 Å². The Labute approximate surface area is 116 Å².